The number of hydrogen-bond acceptors (Lipinski definition) is 5. The highest BCUT2D eigenvalue weighted by Crippen LogP contribution is 2.20. The molecule has 0 fully saturated rings. The summed E-state index contributed by atoms with van der Waals surface area (Å²) in [5.74, 6) is -2.40. The normalized spacial score (nSPS) is 10.9. The van der Waals surface area contributed by atoms with Crippen LogP contribution in [0.1, 0.15) is 10.4 Å². The van der Waals surface area contributed by atoms with Crippen LogP contribution in [0.2, 0.25) is 5.02 Å². The van der Waals surface area contributed by atoms with E-state index in [0.29, 0.717) is 0 Å². The largest absolute Gasteiger partial charge is 0.452 e. The lowest BCUT2D eigenvalue weighted by atomic mass is 10.2. The maximum absolute atomic E-state index is 13.6. The van der Waals surface area contributed by atoms with Gasteiger partial charge in [0.2, 0.25) is 10.0 Å². The van der Waals surface area contributed by atoms with Gasteiger partial charge in [-0.3, -0.25) is 9.52 Å². The molecule has 26 heavy (non-hydrogen) atoms. The number of ether oxygens (including phenoxy) is 1. The molecule has 0 aliphatic rings. The van der Waals surface area contributed by atoms with Crippen LogP contribution in [0.15, 0.2) is 42.5 Å². The Hall–Kier alpha value is -2.65. The van der Waals surface area contributed by atoms with Crippen molar-refractivity contribution in [1.82, 2.24) is 0 Å². The predicted octanol–water partition coefficient (Wildman–Crippen LogP) is 2.65. The Bertz CT molecular complexity index is 949. The smallest absolute Gasteiger partial charge is 0.340 e. The van der Waals surface area contributed by atoms with Gasteiger partial charge in [-0.2, -0.15) is 0 Å². The van der Waals surface area contributed by atoms with Gasteiger partial charge < -0.3 is 10.1 Å². The molecule has 0 aliphatic carbocycles. The Labute approximate surface area is 154 Å². The molecule has 0 spiro atoms. The Morgan fingerprint density at radius 2 is 1.85 bits per heavy atom. The van der Waals surface area contributed by atoms with Gasteiger partial charge in [0.05, 0.1) is 23.2 Å². The molecule has 1 amide bonds. The van der Waals surface area contributed by atoms with Crippen molar-refractivity contribution in [3.8, 4) is 0 Å². The first-order chi connectivity index (χ1) is 12.2. The van der Waals surface area contributed by atoms with E-state index in [4.69, 9.17) is 16.3 Å². The van der Waals surface area contributed by atoms with Crippen molar-refractivity contribution < 1.29 is 27.1 Å². The van der Waals surface area contributed by atoms with E-state index in [9.17, 15) is 22.4 Å². The predicted molar refractivity (Wildman–Crippen MR) is 95.2 cm³/mol. The zero-order valence-corrected chi connectivity index (χ0v) is 15.0. The molecular weight excluding hydrogens is 387 g/mol. The Kier molecular flexibility index (Phi) is 6.17. The molecule has 0 heterocycles. The lowest BCUT2D eigenvalue weighted by molar-refractivity contribution is -0.119. The van der Waals surface area contributed by atoms with Gasteiger partial charge in [0.1, 0.15) is 5.82 Å². The third kappa shape index (κ3) is 5.71. The number of rotatable bonds is 6. The van der Waals surface area contributed by atoms with E-state index in [1.54, 1.807) is 0 Å². The van der Waals surface area contributed by atoms with Gasteiger partial charge in [0.15, 0.2) is 6.61 Å². The summed E-state index contributed by atoms with van der Waals surface area (Å²) in [6, 6.07) is 9.35. The van der Waals surface area contributed by atoms with Crippen LogP contribution < -0.4 is 10.0 Å². The van der Waals surface area contributed by atoms with E-state index < -0.39 is 34.3 Å². The van der Waals surface area contributed by atoms with Crippen LogP contribution in [-0.2, 0) is 19.6 Å². The fourth-order valence-corrected chi connectivity index (χ4v) is 2.69. The zero-order valence-electron chi connectivity index (χ0n) is 13.5. The maximum Gasteiger partial charge on any atom is 0.340 e. The molecule has 0 saturated heterocycles. The first kappa shape index (κ1) is 19.7. The van der Waals surface area contributed by atoms with Crippen molar-refractivity contribution in [2.24, 2.45) is 0 Å². The fourth-order valence-electron chi connectivity index (χ4n) is 1.94. The summed E-state index contributed by atoms with van der Waals surface area (Å²) >= 11 is 5.72. The summed E-state index contributed by atoms with van der Waals surface area (Å²) in [6.45, 7) is -0.696. The van der Waals surface area contributed by atoms with Crippen molar-refractivity contribution in [3.05, 3.63) is 58.9 Å². The van der Waals surface area contributed by atoms with E-state index in [1.807, 2.05) is 0 Å². The van der Waals surface area contributed by atoms with Crippen LogP contribution >= 0.6 is 11.6 Å². The van der Waals surface area contributed by atoms with Crippen molar-refractivity contribution in [1.29, 1.82) is 0 Å². The molecule has 138 valence electrons. The van der Waals surface area contributed by atoms with Gasteiger partial charge in [-0.25, -0.2) is 17.6 Å². The molecule has 7 nitrogen and oxygen atoms in total. The molecule has 10 heteroatoms. The number of sulfonamides is 1. The van der Waals surface area contributed by atoms with Crippen LogP contribution in [-0.4, -0.2) is 33.2 Å². The van der Waals surface area contributed by atoms with Gasteiger partial charge in [-0.05, 0) is 30.3 Å². The standard InChI is InChI=1S/C16H14ClFN2O5S/c1-26(23,24)20-13-5-3-2-4-11(13)16(22)25-9-15(21)19-14-8-10(17)6-7-12(14)18/h2-8,20H,9H2,1H3,(H,19,21). The number of carbonyl (C=O) groups excluding carboxylic acids is 2. The van der Waals surface area contributed by atoms with Crippen molar-refractivity contribution in [2.75, 3.05) is 22.9 Å². The van der Waals surface area contributed by atoms with Gasteiger partial charge in [-0.1, -0.05) is 23.7 Å². The van der Waals surface area contributed by atoms with Crippen LogP contribution in [0.5, 0.6) is 0 Å². The molecular formula is C16H14ClFN2O5S. The lowest BCUT2D eigenvalue weighted by Gasteiger charge is -2.11. The molecule has 0 bridgehead atoms. The number of carbonyl (C=O) groups is 2. The summed E-state index contributed by atoms with van der Waals surface area (Å²) in [7, 11) is -3.61. The Morgan fingerprint density at radius 1 is 1.15 bits per heavy atom. The molecule has 0 aromatic heterocycles. The van der Waals surface area contributed by atoms with Gasteiger partial charge in [0.25, 0.3) is 5.91 Å². The number of para-hydroxylation sites is 1. The zero-order chi connectivity index (χ0) is 19.3. The third-order valence-electron chi connectivity index (χ3n) is 2.98. The SMILES string of the molecule is CS(=O)(=O)Nc1ccccc1C(=O)OCC(=O)Nc1cc(Cl)ccc1F. The number of amides is 1. The first-order valence-electron chi connectivity index (χ1n) is 7.14. The average molecular weight is 401 g/mol. The topological polar surface area (TPSA) is 102 Å². The number of anilines is 2. The molecule has 0 aliphatic heterocycles. The van der Waals surface area contributed by atoms with Crippen molar-refractivity contribution in [3.63, 3.8) is 0 Å². The van der Waals surface area contributed by atoms with E-state index in [2.05, 4.69) is 10.0 Å². The van der Waals surface area contributed by atoms with Crippen LogP contribution in [0.4, 0.5) is 15.8 Å². The van der Waals surface area contributed by atoms with Crippen LogP contribution in [0, 0.1) is 5.82 Å². The monoisotopic (exact) mass is 400 g/mol. The highest BCUT2D eigenvalue weighted by molar-refractivity contribution is 7.92. The minimum Gasteiger partial charge on any atom is -0.452 e. The molecule has 0 radical (unpaired) electrons. The minimum absolute atomic E-state index is 0.0151. The molecule has 0 saturated carbocycles. The third-order valence-corrected chi connectivity index (χ3v) is 3.80. The number of nitrogens with one attached hydrogen (secondary N) is 2. The Morgan fingerprint density at radius 3 is 2.54 bits per heavy atom. The number of benzene rings is 2. The summed E-state index contributed by atoms with van der Waals surface area (Å²) in [6.07, 6.45) is 0.933. The van der Waals surface area contributed by atoms with Gasteiger partial charge in [0, 0.05) is 5.02 Å². The second kappa shape index (κ2) is 8.15. The molecule has 0 atom stereocenters. The van der Waals surface area contributed by atoms with E-state index in [0.717, 1.165) is 12.3 Å². The van der Waals surface area contributed by atoms with Crippen LogP contribution in [0.25, 0.3) is 0 Å². The maximum atomic E-state index is 13.6. The minimum atomic E-state index is -3.61. The number of halogens is 2. The summed E-state index contributed by atoms with van der Waals surface area (Å²) in [4.78, 5) is 23.9. The van der Waals surface area contributed by atoms with E-state index in [-0.39, 0.29) is 22.0 Å². The second-order valence-electron chi connectivity index (χ2n) is 5.17. The summed E-state index contributed by atoms with van der Waals surface area (Å²) < 4.78 is 43.2. The molecule has 2 N–H and O–H groups in total. The lowest BCUT2D eigenvalue weighted by Crippen LogP contribution is -2.22. The first-order valence-corrected chi connectivity index (χ1v) is 9.41. The highest BCUT2D eigenvalue weighted by atomic mass is 35.5. The summed E-state index contributed by atoms with van der Waals surface area (Å²) in [5, 5.41) is 2.45. The second-order valence-corrected chi connectivity index (χ2v) is 7.35. The van der Waals surface area contributed by atoms with Crippen molar-refractivity contribution in [2.45, 2.75) is 0 Å². The van der Waals surface area contributed by atoms with Crippen molar-refractivity contribution >= 4 is 44.9 Å². The molecule has 2 rings (SSSR count). The molecule has 0 unspecified atom stereocenters. The van der Waals surface area contributed by atoms with Crippen LogP contribution in [0.3, 0.4) is 0 Å². The molecule has 2 aromatic rings. The quantitative estimate of drug-likeness (QED) is 0.726. The Balaban J connectivity index is 2.03. The molecule has 2 aromatic carbocycles. The van der Waals surface area contributed by atoms with Gasteiger partial charge in [-0.15, -0.1) is 0 Å². The van der Waals surface area contributed by atoms with E-state index >= 15 is 0 Å². The number of hydrogen-bond donors (Lipinski definition) is 2. The number of esters is 1. The highest BCUT2D eigenvalue weighted by Gasteiger charge is 2.17. The van der Waals surface area contributed by atoms with E-state index in [1.165, 1.54) is 36.4 Å². The average Bonchev–Trinajstić information content (AvgIpc) is 2.55. The van der Waals surface area contributed by atoms with Gasteiger partial charge >= 0.3 is 5.97 Å². The summed E-state index contributed by atoms with van der Waals surface area (Å²) in [5.41, 5.74) is -0.210. The fraction of sp³-hybridized carbons (Fsp3) is 0.125.